The maximum Gasteiger partial charge on any atom is 0.573 e. The molecule has 8 heteroatoms. The number of nitrogens with one attached hydrogen (secondary N) is 1. The Bertz CT molecular complexity index is 788. The van der Waals surface area contributed by atoms with E-state index in [1.807, 2.05) is 13.0 Å². The number of amides is 1. The molecule has 138 valence electrons. The molecule has 0 saturated heterocycles. The lowest BCUT2D eigenvalue weighted by molar-refractivity contribution is -0.274. The van der Waals surface area contributed by atoms with E-state index in [4.69, 9.17) is 4.74 Å². The minimum Gasteiger partial charge on any atom is -0.449 e. The molecule has 2 aromatic carbocycles. The van der Waals surface area contributed by atoms with Crippen molar-refractivity contribution in [3.05, 3.63) is 59.7 Å². The van der Waals surface area contributed by atoms with Gasteiger partial charge in [-0.3, -0.25) is 4.79 Å². The quantitative estimate of drug-likeness (QED) is 0.809. The summed E-state index contributed by atoms with van der Waals surface area (Å²) in [4.78, 5) is 24.1. The number of esters is 1. The molecule has 1 N–H and O–H groups in total. The Morgan fingerprint density at radius 1 is 1.08 bits per heavy atom. The predicted octanol–water partition coefficient (Wildman–Crippen LogP) is 4.08. The molecule has 1 atom stereocenters. The van der Waals surface area contributed by atoms with Gasteiger partial charge in [-0.15, -0.1) is 13.2 Å². The van der Waals surface area contributed by atoms with Crippen molar-refractivity contribution in [1.82, 2.24) is 0 Å². The number of carbonyl (C=O) groups is 2. The highest BCUT2D eigenvalue weighted by Gasteiger charge is 2.31. The van der Waals surface area contributed by atoms with Gasteiger partial charge in [0.25, 0.3) is 5.91 Å². The maximum atomic E-state index is 12.1. The van der Waals surface area contributed by atoms with Crippen molar-refractivity contribution in [2.24, 2.45) is 0 Å². The van der Waals surface area contributed by atoms with Crippen LogP contribution < -0.4 is 10.1 Å². The second-order valence-corrected chi connectivity index (χ2v) is 5.48. The van der Waals surface area contributed by atoms with Gasteiger partial charge in [-0.05, 0) is 55.8 Å². The van der Waals surface area contributed by atoms with Crippen LogP contribution in [0.2, 0.25) is 0 Å². The van der Waals surface area contributed by atoms with Crippen LogP contribution in [-0.4, -0.2) is 24.3 Å². The highest BCUT2D eigenvalue weighted by molar-refractivity contribution is 5.97. The van der Waals surface area contributed by atoms with Crippen LogP contribution in [0.4, 0.5) is 18.9 Å². The van der Waals surface area contributed by atoms with E-state index in [2.05, 4.69) is 10.1 Å². The molecule has 0 spiro atoms. The van der Waals surface area contributed by atoms with Gasteiger partial charge < -0.3 is 14.8 Å². The SMILES string of the molecule is Cc1cccc(NC(=O)[C@@H](C)OC(=O)c2ccc(OC(F)(F)F)cc2)c1. The topological polar surface area (TPSA) is 64.6 Å². The van der Waals surface area contributed by atoms with Crippen LogP contribution >= 0.6 is 0 Å². The normalized spacial score (nSPS) is 12.2. The van der Waals surface area contributed by atoms with Gasteiger partial charge >= 0.3 is 12.3 Å². The Hall–Kier alpha value is -3.03. The summed E-state index contributed by atoms with van der Waals surface area (Å²) in [7, 11) is 0. The molecular formula is C18H16F3NO4. The van der Waals surface area contributed by atoms with Crippen molar-refractivity contribution in [2.75, 3.05) is 5.32 Å². The van der Waals surface area contributed by atoms with Crippen LogP contribution in [0.25, 0.3) is 0 Å². The van der Waals surface area contributed by atoms with E-state index in [1.54, 1.807) is 18.2 Å². The Morgan fingerprint density at radius 3 is 2.31 bits per heavy atom. The lowest BCUT2D eigenvalue weighted by Crippen LogP contribution is -2.30. The van der Waals surface area contributed by atoms with E-state index in [0.717, 1.165) is 29.8 Å². The molecule has 0 radical (unpaired) electrons. The van der Waals surface area contributed by atoms with E-state index >= 15 is 0 Å². The van der Waals surface area contributed by atoms with Crippen LogP contribution in [0, 0.1) is 6.92 Å². The summed E-state index contributed by atoms with van der Waals surface area (Å²) in [6, 6.07) is 11.3. The Morgan fingerprint density at radius 2 is 1.73 bits per heavy atom. The highest BCUT2D eigenvalue weighted by atomic mass is 19.4. The lowest BCUT2D eigenvalue weighted by Gasteiger charge is -2.14. The first-order valence-electron chi connectivity index (χ1n) is 7.58. The molecule has 0 saturated carbocycles. The molecular weight excluding hydrogens is 351 g/mol. The molecule has 0 aromatic heterocycles. The monoisotopic (exact) mass is 367 g/mol. The van der Waals surface area contributed by atoms with Gasteiger partial charge in [-0.1, -0.05) is 12.1 Å². The average molecular weight is 367 g/mol. The van der Waals surface area contributed by atoms with Gasteiger partial charge in [0.15, 0.2) is 6.10 Å². The molecule has 0 heterocycles. The summed E-state index contributed by atoms with van der Waals surface area (Å²) in [5.41, 5.74) is 1.51. The third kappa shape index (κ3) is 5.80. The summed E-state index contributed by atoms with van der Waals surface area (Å²) >= 11 is 0. The number of hydrogen-bond donors (Lipinski definition) is 1. The Kier molecular flexibility index (Phi) is 5.86. The predicted molar refractivity (Wildman–Crippen MR) is 87.8 cm³/mol. The molecule has 0 aliphatic carbocycles. The van der Waals surface area contributed by atoms with Crippen molar-refractivity contribution < 1.29 is 32.2 Å². The van der Waals surface area contributed by atoms with E-state index in [0.29, 0.717) is 5.69 Å². The second kappa shape index (κ2) is 7.90. The fraction of sp³-hybridized carbons (Fsp3) is 0.222. The van der Waals surface area contributed by atoms with E-state index in [1.165, 1.54) is 6.92 Å². The highest BCUT2D eigenvalue weighted by Crippen LogP contribution is 2.23. The maximum absolute atomic E-state index is 12.1. The number of anilines is 1. The molecule has 0 aliphatic rings. The number of alkyl halides is 3. The van der Waals surface area contributed by atoms with Gasteiger partial charge in [0.2, 0.25) is 0 Å². The van der Waals surface area contributed by atoms with Crippen molar-refractivity contribution in [1.29, 1.82) is 0 Å². The van der Waals surface area contributed by atoms with Crippen molar-refractivity contribution >= 4 is 17.6 Å². The van der Waals surface area contributed by atoms with Gasteiger partial charge in [-0.25, -0.2) is 4.79 Å². The molecule has 5 nitrogen and oxygen atoms in total. The first-order valence-corrected chi connectivity index (χ1v) is 7.58. The number of ether oxygens (including phenoxy) is 2. The molecule has 2 aromatic rings. The molecule has 2 rings (SSSR count). The summed E-state index contributed by atoms with van der Waals surface area (Å²) in [5.74, 6) is -1.82. The van der Waals surface area contributed by atoms with Gasteiger partial charge in [0.05, 0.1) is 5.56 Å². The number of rotatable bonds is 5. The number of halogens is 3. The number of carbonyl (C=O) groups excluding carboxylic acids is 2. The molecule has 0 bridgehead atoms. The molecule has 0 aliphatic heterocycles. The van der Waals surface area contributed by atoms with Crippen LogP contribution in [0.15, 0.2) is 48.5 Å². The van der Waals surface area contributed by atoms with Crippen LogP contribution in [-0.2, 0) is 9.53 Å². The Balaban J connectivity index is 1.94. The Labute approximate surface area is 147 Å². The van der Waals surface area contributed by atoms with Crippen molar-refractivity contribution in [3.8, 4) is 5.75 Å². The fourth-order valence-corrected chi connectivity index (χ4v) is 2.04. The largest absolute Gasteiger partial charge is 0.573 e. The third-order valence-electron chi connectivity index (χ3n) is 3.26. The zero-order valence-corrected chi connectivity index (χ0v) is 14.0. The summed E-state index contributed by atoms with van der Waals surface area (Å²) < 4.78 is 45.1. The molecule has 0 unspecified atom stereocenters. The van der Waals surface area contributed by atoms with E-state index in [-0.39, 0.29) is 5.56 Å². The van der Waals surface area contributed by atoms with E-state index in [9.17, 15) is 22.8 Å². The third-order valence-corrected chi connectivity index (χ3v) is 3.26. The molecule has 0 fully saturated rings. The first kappa shape index (κ1) is 19.3. The molecule has 1 amide bonds. The zero-order valence-electron chi connectivity index (χ0n) is 14.0. The van der Waals surface area contributed by atoms with Crippen LogP contribution in [0.5, 0.6) is 5.75 Å². The molecule has 26 heavy (non-hydrogen) atoms. The first-order chi connectivity index (χ1) is 12.1. The fourth-order valence-electron chi connectivity index (χ4n) is 2.04. The minimum absolute atomic E-state index is 0.00488. The van der Waals surface area contributed by atoms with Gasteiger partial charge in [0, 0.05) is 5.69 Å². The van der Waals surface area contributed by atoms with Crippen molar-refractivity contribution in [3.63, 3.8) is 0 Å². The van der Waals surface area contributed by atoms with Gasteiger partial charge in [-0.2, -0.15) is 0 Å². The minimum atomic E-state index is -4.82. The van der Waals surface area contributed by atoms with Crippen molar-refractivity contribution in [2.45, 2.75) is 26.3 Å². The second-order valence-electron chi connectivity index (χ2n) is 5.48. The van der Waals surface area contributed by atoms with Crippen LogP contribution in [0.1, 0.15) is 22.8 Å². The van der Waals surface area contributed by atoms with Gasteiger partial charge in [0.1, 0.15) is 5.75 Å². The smallest absolute Gasteiger partial charge is 0.449 e. The average Bonchev–Trinajstić information content (AvgIpc) is 2.53. The standard InChI is InChI=1S/C18H16F3NO4/c1-11-4-3-5-14(10-11)22-16(23)12(2)25-17(24)13-6-8-15(9-7-13)26-18(19,20)21/h3-10,12H,1-2H3,(H,22,23)/t12-/m1/s1. The number of hydrogen-bond acceptors (Lipinski definition) is 4. The summed E-state index contributed by atoms with van der Waals surface area (Å²) in [6.45, 7) is 3.26. The number of aryl methyl sites for hydroxylation is 1. The van der Waals surface area contributed by atoms with E-state index < -0.39 is 30.1 Å². The van der Waals surface area contributed by atoms with Crippen LogP contribution in [0.3, 0.4) is 0 Å². The number of benzene rings is 2. The summed E-state index contributed by atoms with van der Waals surface area (Å²) in [6.07, 6.45) is -5.90. The lowest BCUT2D eigenvalue weighted by atomic mass is 10.2. The summed E-state index contributed by atoms with van der Waals surface area (Å²) in [5, 5.41) is 2.61. The zero-order chi connectivity index (χ0) is 19.3.